The van der Waals surface area contributed by atoms with Crippen LogP contribution in [0.3, 0.4) is 0 Å². The van der Waals surface area contributed by atoms with Gasteiger partial charge in [-0.25, -0.2) is 0 Å². The van der Waals surface area contributed by atoms with Crippen LogP contribution >= 0.6 is 0 Å². The van der Waals surface area contributed by atoms with Gasteiger partial charge in [-0.05, 0) is 0 Å². The van der Waals surface area contributed by atoms with E-state index >= 15 is 0 Å². The van der Waals surface area contributed by atoms with Crippen molar-refractivity contribution in [1.82, 2.24) is 0 Å². The van der Waals surface area contributed by atoms with Crippen LogP contribution in [0.2, 0.25) is 0 Å². The molecular formula is C3H4N+. The molecule has 1 nitrogen and oxygen atoms in total. The molecule has 0 spiro atoms. The summed E-state index contributed by atoms with van der Waals surface area (Å²) in [5.41, 5.74) is 4.73. The van der Waals surface area contributed by atoms with E-state index in [9.17, 15) is 0 Å². The van der Waals surface area contributed by atoms with Gasteiger partial charge in [0.15, 0.2) is 0 Å². The molecule has 20 valence electrons. The Kier molecular flexibility index (Phi) is 2.56. The third-order valence-electron chi connectivity index (χ3n) is 0.102. The zero-order valence-corrected chi connectivity index (χ0v) is 2.28. The minimum absolute atomic E-state index is 0.236. The molecule has 1 heteroatoms. The Morgan fingerprint density at radius 2 is 2.25 bits per heavy atom. The molecule has 0 aromatic heterocycles. The van der Waals surface area contributed by atoms with Crippen molar-refractivity contribution in [2.75, 3.05) is 6.54 Å². The van der Waals surface area contributed by atoms with E-state index in [0.717, 1.165) is 0 Å². The first-order valence-electron chi connectivity index (χ1n) is 1.01. The summed E-state index contributed by atoms with van der Waals surface area (Å²) in [6.07, 6.45) is 6.08. The van der Waals surface area contributed by atoms with E-state index in [-0.39, 0.29) is 6.54 Å². The average molecular weight is 54.1 g/mol. The van der Waals surface area contributed by atoms with E-state index in [2.05, 4.69) is 0 Å². The van der Waals surface area contributed by atoms with Gasteiger partial charge in [0.1, 0.15) is 0 Å². The second-order valence-electron chi connectivity index (χ2n) is 0.381. The van der Waals surface area contributed by atoms with Gasteiger partial charge in [-0.15, -0.1) is 0 Å². The van der Waals surface area contributed by atoms with Crippen molar-refractivity contribution in [1.29, 1.82) is 0 Å². The van der Waals surface area contributed by atoms with Gasteiger partial charge in [0, 0.05) is 0 Å². The molecule has 0 atom stereocenters. The SMILES string of the molecule is [C+]#CCN. The fourth-order valence-electron chi connectivity index (χ4n) is 0. The number of hydrogen-bond donors (Lipinski definition) is 1. The zero-order chi connectivity index (χ0) is 3.41. The summed E-state index contributed by atoms with van der Waals surface area (Å²) < 4.78 is 0. The normalized spacial score (nSPS) is 5.75. The summed E-state index contributed by atoms with van der Waals surface area (Å²) in [5, 5.41) is 0. The van der Waals surface area contributed by atoms with Gasteiger partial charge in [-0.3, -0.25) is 0 Å². The second kappa shape index (κ2) is 2.74. The first-order valence-corrected chi connectivity index (χ1v) is 1.01. The summed E-state index contributed by atoms with van der Waals surface area (Å²) in [4.78, 5) is 0. The van der Waals surface area contributed by atoms with Gasteiger partial charge >= 0.3 is 24.6 Å². The molecule has 0 heterocycles. The topological polar surface area (TPSA) is 26.0 Å². The van der Waals surface area contributed by atoms with Crippen molar-refractivity contribution in [3.05, 3.63) is 6.42 Å². The monoisotopic (exact) mass is 54.0 g/mol. The molecule has 0 unspecified atom stereocenters. The second-order valence-corrected chi connectivity index (χ2v) is 0.381. The molecule has 0 aromatic rings. The number of rotatable bonds is 0. The molecule has 0 aliphatic rings. The molecule has 0 aliphatic heterocycles. The van der Waals surface area contributed by atoms with Crippen LogP contribution in [0, 0.1) is 12.3 Å². The van der Waals surface area contributed by atoms with E-state index < -0.39 is 0 Å². The van der Waals surface area contributed by atoms with Crippen LogP contribution in [0.15, 0.2) is 0 Å². The Morgan fingerprint density at radius 1 is 2.00 bits per heavy atom. The van der Waals surface area contributed by atoms with Crippen molar-refractivity contribution < 1.29 is 0 Å². The molecule has 0 radical (unpaired) electrons. The van der Waals surface area contributed by atoms with Crippen LogP contribution in [-0.4, -0.2) is 6.54 Å². The van der Waals surface area contributed by atoms with Crippen molar-refractivity contribution >= 4 is 0 Å². The van der Waals surface area contributed by atoms with E-state index in [1.54, 1.807) is 0 Å². The fraction of sp³-hybridized carbons (Fsp3) is 0.333. The molecule has 0 rings (SSSR count). The summed E-state index contributed by atoms with van der Waals surface area (Å²) in [6, 6.07) is 0. The van der Waals surface area contributed by atoms with Gasteiger partial charge in [-0.2, -0.15) is 0 Å². The molecule has 0 bridgehead atoms. The Labute approximate surface area is 25.8 Å². The predicted octanol–water partition coefficient (Wildman–Crippen LogP) is -0.465. The molecule has 0 fully saturated rings. The third-order valence-corrected chi connectivity index (χ3v) is 0.102. The van der Waals surface area contributed by atoms with Gasteiger partial charge < -0.3 is 0 Å². The van der Waals surface area contributed by atoms with Crippen molar-refractivity contribution in [2.24, 2.45) is 5.73 Å². The number of nitrogens with two attached hydrogens (primary N) is 1. The summed E-state index contributed by atoms with van der Waals surface area (Å²) >= 11 is 0. The van der Waals surface area contributed by atoms with Crippen molar-refractivity contribution in [2.45, 2.75) is 0 Å². The van der Waals surface area contributed by atoms with E-state index in [1.807, 2.05) is 5.92 Å². The molecule has 0 aromatic carbocycles. The Hall–Kier alpha value is -0.260. The van der Waals surface area contributed by atoms with Gasteiger partial charge in [0.05, 0.1) is 0 Å². The van der Waals surface area contributed by atoms with Gasteiger partial charge in [0.25, 0.3) is 0 Å². The minimum atomic E-state index is 0.236. The standard InChI is InChI=1S/C3H4N/c1-2-3-4/h3-4H2/q+1. The zero-order valence-electron chi connectivity index (χ0n) is 2.28. The van der Waals surface area contributed by atoms with E-state index in [0.29, 0.717) is 0 Å². The molecule has 0 saturated carbocycles. The molecule has 0 saturated heterocycles. The molecule has 4 heavy (non-hydrogen) atoms. The predicted molar refractivity (Wildman–Crippen MR) is 16.2 cm³/mol. The van der Waals surface area contributed by atoms with Crippen LogP contribution in [0.4, 0.5) is 0 Å². The molecule has 2 N–H and O–H groups in total. The molecular weight excluding hydrogens is 50.0 g/mol. The maximum absolute atomic E-state index is 6.08. The quantitative estimate of drug-likeness (QED) is 0.294. The fourth-order valence-corrected chi connectivity index (χ4v) is 0. The first kappa shape index (κ1) is 3.74. The van der Waals surface area contributed by atoms with Gasteiger partial charge in [0.2, 0.25) is 0 Å². The van der Waals surface area contributed by atoms with Gasteiger partial charge in [-0.1, -0.05) is 0 Å². The van der Waals surface area contributed by atoms with Crippen molar-refractivity contribution in [3.63, 3.8) is 0 Å². The van der Waals surface area contributed by atoms with E-state index in [4.69, 9.17) is 12.2 Å². The molecule has 0 aliphatic carbocycles. The van der Waals surface area contributed by atoms with Crippen LogP contribution in [-0.2, 0) is 0 Å². The summed E-state index contributed by atoms with van der Waals surface area (Å²) in [5.74, 6) is 1.96. The summed E-state index contributed by atoms with van der Waals surface area (Å²) in [6.45, 7) is 0.236. The van der Waals surface area contributed by atoms with E-state index in [1.165, 1.54) is 0 Å². The van der Waals surface area contributed by atoms with Crippen LogP contribution in [0.1, 0.15) is 0 Å². The number of hydrogen-bond acceptors (Lipinski definition) is 1. The molecule has 0 amide bonds. The first-order chi connectivity index (χ1) is 1.91. The summed E-state index contributed by atoms with van der Waals surface area (Å²) in [7, 11) is 0. The Morgan fingerprint density at radius 3 is 2.25 bits per heavy atom. The van der Waals surface area contributed by atoms with Crippen LogP contribution < -0.4 is 5.73 Å². The Balaban J connectivity index is 2.43. The third kappa shape index (κ3) is 1.74. The average Bonchev–Trinajstić information content (AvgIpc) is 1.37. The van der Waals surface area contributed by atoms with Crippen molar-refractivity contribution in [3.8, 4) is 5.92 Å². The van der Waals surface area contributed by atoms with Crippen LogP contribution in [0.25, 0.3) is 0 Å². The van der Waals surface area contributed by atoms with Crippen LogP contribution in [0.5, 0.6) is 0 Å². The maximum atomic E-state index is 6.08. The Bertz CT molecular complexity index is 33.0.